The van der Waals surface area contributed by atoms with E-state index in [2.05, 4.69) is 40.2 Å². The van der Waals surface area contributed by atoms with Crippen molar-refractivity contribution < 1.29 is 9.26 Å². The first-order valence-corrected chi connectivity index (χ1v) is 10.0. The fourth-order valence-corrected chi connectivity index (χ4v) is 3.75. The van der Waals surface area contributed by atoms with Gasteiger partial charge in [0.15, 0.2) is 5.82 Å². The summed E-state index contributed by atoms with van der Waals surface area (Å²) in [4.78, 5) is 6.98. The van der Waals surface area contributed by atoms with Crippen LogP contribution in [0.25, 0.3) is 0 Å². The third-order valence-electron chi connectivity index (χ3n) is 5.25. The van der Waals surface area contributed by atoms with Gasteiger partial charge in [0.05, 0.1) is 13.2 Å². The number of nitrogens with zero attached hydrogens (tertiary/aromatic N) is 3. The molecule has 146 valence electrons. The fourth-order valence-electron chi connectivity index (χ4n) is 3.75. The molecule has 0 radical (unpaired) electrons. The van der Waals surface area contributed by atoms with Crippen LogP contribution in [0.15, 0.2) is 59.1 Å². The molecule has 0 unspecified atom stereocenters. The van der Waals surface area contributed by atoms with Gasteiger partial charge < -0.3 is 9.26 Å². The molecule has 0 N–H and O–H groups in total. The molecule has 1 aromatic heterocycles. The highest BCUT2D eigenvalue weighted by Gasteiger charge is 2.22. The Morgan fingerprint density at radius 1 is 1.11 bits per heavy atom. The van der Waals surface area contributed by atoms with E-state index in [1.165, 1.54) is 24.0 Å². The van der Waals surface area contributed by atoms with Crippen molar-refractivity contribution in [1.29, 1.82) is 0 Å². The van der Waals surface area contributed by atoms with Gasteiger partial charge in [-0.2, -0.15) is 4.98 Å². The Morgan fingerprint density at radius 2 is 1.93 bits per heavy atom. The van der Waals surface area contributed by atoms with Crippen molar-refractivity contribution in [3.05, 3.63) is 77.4 Å². The average Bonchev–Trinajstić information content (AvgIpc) is 3.15. The van der Waals surface area contributed by atoms with E-state index in [1.807, 2.05) is 36.4 Å². The molecule has 2 heterocycles. The van der Waals surface area contributed by atoms with E-state index in [9.17, 15) is 0 Å². The molecule has 2 aromatic carbocycles. The van der Waals surface area contributed by atoms with Crippen LogP contribution in [-0.2, 0) is 13.0 Å². The van der Waals surface area contributed by atoms with Crippen molar-refractivity contribution in [3.8, 4) is 5.75 Å². The molecule has 1 fully saturated rings. The average molecular weight is 377 g/mol. The minimum Gasteiger partial charge on any atom is -0.493 e. The number of ether oxygens (including phenoxy) is 1. The molecule has 0 saturated carbocycles. The minimum absolute atomic E-state index is 0.528. The number of benzene rings is 2. The van der Waals surface area contributed by atoms with Gasteiger partial charge in [-0.05, 0) is 43.5 Å². The Kier molecular flexibility index (Phi) is 6.02. The van der Waals surface area contributed by atoms with Gasteiger partial charge in [-0.3, -0.25) is 4.90 Å². The molecule has 0 aliphatic carbocycles. The fraction of sp³-hybridized carbons (Fsp3) is 0.391. The molecule has 1 aliphatic rings. The number of piperidine rings is 1. The number of para-hydroxylation sites is 1. The smallest absolute Gasteiger partial charge is 0.240 e. The lowest BCUT2D eigenvalue weighted by Gasteiger charge is -2.31. The van der Waals surface area contributed by atoms with E-state index >= 15 is 0 Å². The molecule has 28 heavy (non-hydrogen) atoms. The second-order valence-corrected chi connectivity index (χ2v) is 7.59. The lowest BCUT2D eigenvalue weighted by atomic mass is 9.99. The monoisotopic (exact) mass is 377 g/mol. The van der Waals surface area contributed by atoms with Crippen molar-refractivity contribution in [2.45, 2.75) is 32.7 Å². The number of rotatable bonds is 7. The highest BCUT2D eigenvalue weighted by Crippen LogP contribution is 2.22. The van der Waals surface area contributed by atoms with Gasteiger partial charge in [-0.1, -0.05) is 53.7 Å². The van der Waals surface area contributed by atoms with Gasteiger partial charge in [0, 0.05) is 18.9 Å². The predicted molar refractivity (Wildman–Crippen MR) is 108 cm³/mol. The van der Waals surface area contributed by atoms with Crippen LogP contribution in [-0.4, -0.2) is 34.7 Å². The van der Waals surface area contributed by atoms with Crippen molar-refractivity contribution in [2.75, 3.05) is 19.7 Å². The van der Waals surface area contributed by atoms with Crippen LogP contribution in [0.2, 0.25) is 0 Å². The molecular weight excluding hydrogens is 350 g/mol. The Hall–Kier alpha value is -2.66. The molecule has 5 nitrogen and oxygen atoms in total. The summed E-state index contributed by atoms with van der Waals surface area (Å²) >= 11 is 0. The summed E-state index contributed by atoms with van der Waals surface area (Å²) in [5, 5.41) is 4.14. The van der Waals surface area contributed by atoms with Gasteiger partial charge in [0.2, 0.25) is 5.89 Å². The predicted octanol–water partition coefficient (Wildman–Crippen LogP) is 4.26. The lowest BCUT2D eigenvalue weighted by molar-refractivity contribution is 0.115. The number of aryl methyl sites for hydroxylation is 1. The highest BCUT2D eigenvalue weighted by atomic mass is 16.5. The van der Waals surface area contributed by atoms with E-state index in [0.717, 1.165) is 31.3 Å². The second-order valence-electron chi connectivity index (χ2n) is 7.59. The Morgan fingerprint density at radius 3 is 2.79 bits per heavy atom. The minimum atomic E-state index is 0.528. The van der Waals surface area contributed by atoms with Crippen LogP contribution >= 0.6 is 0 Å². The van der Waals surface area contributed by atoms with Crippen LogP contribution in [0, 0.1) is 12.8 Å². The van der Waals surface area contributed by atoms with Crippen LogP contribution in [0.1, 0.15) is 35.7 Å². The van der Waals surface area contributed by atoms with E-state index in [0.29, 0.717) is 24.8 Å². The first-order chi connectivity index (χ1) is 13.8. The number of hydrogen-bond donors (Lipinski definition) is 0. The summed E-state index contributed by atoms with van der Waals surface area (Å²) in [6.07, 6.45) is 3.08. The zero-order chi connectivity index (χ0) is 19.2. The van der Waals surface area contributed by atoms with Gasteiger partial charge >= 0.3 is 0 Å². The van der Waals surface area contributed by atoms with Crippen LogP contribution < -0.4 is 4.74 Å². The first kappa shape index (κ1) is 18.7. The van der Waals surface area contributed by atoms with Crippen molar-refractivity contribution >= 4 is 0 Å². The SMILES string of the molecule is Cc1ccccc1OC[C@H]1CCCN(Cc2nc(Cc3ccccc3)no2)C1. The van der Waals surface area contributed by atoms with Crippen LogP contribution in [0.4, 0.5) is 0 Å². The Bertz CT molecular complexity index is 878. The third kappa shape index (κ3) is 4.98. The molecule has 5 heteroatoms. The van der Waals surface area contributed by atoms with Crippen molar-refractivity contribution in [2.24, 2.45) is 5.92 Å². The zero-order valence-corrected chi connectivity index (χ0v) is 16.4. The first-order valence-electron chi connectivity index (χ1n) is 10.0. The van der Waals surface area contributed by atoms with Gasteiger partial charge in [-0.25, -0.2) is 0 Å². The maximum atomic E-state index is 6.07. The molecule has 0 spiro atoms. The Balaban J connectivity index is 1.28. The van der Waals surface area contributed by atoms with E-state index in [1.54, 1.807) is 0 Å². The van der Waals surface area contributed by atoms with Gasteiger partial charge in [0.25, 0.3) is 0 Å². The summed E-state index contributed by atoms with van der Waals surface area (Å²) in [6.45, 7) is 5.62. The van der Waals surface area contributed by atoms with E-state index < -0.39 is 0 Å². The molecule has 4 rings (SSSR count). The Labute approximate surface area is 166 Å². The van der Waals surface area contributed by atoms with Crippen LogP contribution in [0.5, 0.6) is 5.75 Å². The normalized spacial score (nSPS) is 17.5. The summed E-state index contributed by atoms with van der Waals surface area (Å²) in [5.74, 6) is 2.96. The van der Waals surface area contributed by atoms with Crippen molar-refractivity contribution in [1.82, 2.24) is 15.0 Å². The highest BCUT2D eigenvalue weighted by molar-refractivity contribution is 5.31. The molecule has 0 amide bonds. The summed E-state index contributed by atoms with van der Waals surface area (Å²) in [6, 6.07) is 18.4. The largest absolute Gasteiger partial charge is 0.493 e. The molecule has 1 aliphatic heterocycles. The molecule has 3 aromatic rings. The maximum absolute atomic E-state index is 6.07. The molecule has 0 bridgehead atoms. The third-order valence-corrected chi connectivity index (χ3v) is 5.25. The van der Waals surface area contributed by atoms with E-state index in [-0.39, 0.29) is 0 Å². The standard InChI is InChI=1S/C23H27N3O2/c1-18-8-5-6-12-21(18)27-17-20-11-7-13-26(15-20)16-23-24-22(25-28-23)14-19-9-3-2-4-10-19/h2-6,8-10,12,20H,7,11,13-17H2,1H3/t20-/m0/s1. The maximum Gasteiger partial charge on any atom is 0.240 e. The molecular formula is C23H27N3O2. The number of aromatic nitrogens is 2. The number of hydrogen-bond acceptors (Lipinski definition) is 5. The summed E-state index contributed by atoms with van der Waals surface area (Å²) < 4.78 is 11.6. The van der Waals surface area contributed by atoms with Gasteiger partial charge in [0.1, 0.15) is 5.75 Å². The number of likely N-dealkylation sites (tertiary alicyclic amines) is 1. The quantitative estimate of drug-likeness (QED) is 0.616. The second kappa shape index (κ2) is 9.02. The lowest BCUT2D eigenvalue weighted by Crippen LogP contribution is -2.37. The molecule has 1 saturated heterocycles. The topological polar surface area (TPSA) is 51.4 Å². The van der Waals surface area contributed by atoms with Crippen LogP contribution in [0.3, 0.4) is 0 Å². The zero-order valence-electron chi connectivity index (χ0n) is 16.4. The summed E-state index contributed by atoms with van der Waals surface area (Å²) in [5.41, 5.74) is 2.38. The van der Waals surface area contributed by atoms with Gasteiger partial charge in [-0.15, -0.1) is 0 Å². The van der Waals surface area contributed by atoms with Crippen molar-refractivity contribution in [3.63, 3.8) is 0 Å². The van der Waals surface area contributed by atoms with E-state index in [4.69, 9.17) is 9.26 Å². The molecule has 1 atom stereocenters. The summed E-state index contributed by atoms with van der Waals surface area (Å²) in [7, 11) is 0.